The average molecular weight is 244 g/mol. The van der Waals surface area contributed by atoms with Gasteiger partial charge in [-0.1, -0.05) is 32.9 Å². The van der Waals surface area contributed by atoms with Crippen molar-refractivity contribution in [1.29, 1.82) is 0 Å². The minimum absolute atomic E-state index is 0.271. The van der Waals surface area contributed by atoms with E-state index in [2.05, 4.69) is 26.3 Å². The van der Waals surface area contributed by atoms with Gasteiger partial charge in [0.25, 0.3) is 0 Å². The summed E-state index contributed by atoms with van der Waals surface area (Å²) in [4.78, 5) is 0. The molecule has 2 aliphatic rings. The van der Waals surface area contributed by atoms with Crippen molar-refractivity contribution >= 4 is 24.7 Å². The number of rotatable bonds is 0. The van der Waals surface area contributed by atoms with Crippen molar-refractivity contribution in [3.05, 3.63) is 33.5 Å². The minimum Gasteiger partial charge on any atom is -0.0934 e. The fraction of sp³-hybridized carbons (Fsp3) is 0.222. The predicted molar refractivity (Wildman–Crippen MR) is 54.6 cm³/mol. The lowest BCUT2D eigenvalue weighted by Crippen LogP contribution is -1.94. The van der Waals surface area contributed by atoms with Crippen LogP contribution in [0.4, 0.5) is 0 Å². The van der Waals surface area contributed by atoms with E-state index in [-0.39, 0.29) is 20.7 Å². The largest absolute Gasteiger partial charge is 0.0934 e. The van der Waals surface area contributed by atoms with Crippen LogP contribution in [0.15, 0.2) is 33.5 Å². The summed E-state index contributed by atoms with van der Waals surface area (Å²) in [5.41, 5.74) is 3.05. The topological polar surface area (TPSA) is 0 Å². The van der Waals surface area contributed by atoms with Gasteiger partial charge in [0.15, 0.2) is 0 Å². The summed E-state index contributed by atoms with van der Waals surface area (Å²) in [5, 5.41) is 0. The first-order valence-corrected chi connectivity index (χ1v) is 5.97. The summed E-state index contributed by atoms with van der Waals surface area (Å²) in [7, 11) is 0. The highest BCUT2D eigenvalue weighted by Crippen LogP contribution is 2.24. The van der Waals surface area contributed by atoms with Gasteiger partial charge < -0.3 is 0 Å². The Morgan fingerprint density at radius 1 is 1.30 bits per heavy atom. The lowest BCUT2D eigenvalue weighted by Gasteiger charge is -2.10. The van der Waals surface area contributed by atoms with Crippen LogP contribution < -0.4 is 0 Å². The fourth-order valence-electron chi connectivity index (χ4n) is 1.20. The van der Waals surface area contributed by atoms with Gasteiger partial charge in [-0.05, 0) is 38.2 Å². The molecule has 0 aromatic heterocycles. The highest BCUT2D eigenvalue weighted by Gasteiger charge is 2.04. The van der Waals surface area contributed by atoms with Gasteiger partial charge in [0.1, 0.15) is 0 Å². The lowest BCUT2D eigenvalue weighted by molar-refractivity contribution is 1.000. The van der Waals surface area contributed by atoms with Crippen molar-refractivity contribution in [3.63, 3.8) is 0 Å². The van der Waals surface area contributed by atoms with Crippen molar-refractivity contribution in [1.82, 2.24) is 0 Å². The molecule has 0 aromatic carbocycles. The van der Waals surface area contributed by atoms with Gasteiger partial charge in [0.2, 0.25) is 0 Å². The Balaban J connectivity index is 2.43. The van der Waals surface area contributed by atoms with Gasteiger partial charge in [0, 0.05) is 0 Å². The molecule has 0 saturated heterocycles. The monoisotopic (exact) mass is 244 g/mol. The van der Waals surface area contributed by atoms with Gasteiger partial charge in [-0.15, -0.1) is 0 Å². The van der Waals surface area contributed by atoms with Crippen LogP contribution in [-0.4, -0.2) is 4.01 Å². The van der Waals surface area contributed by atoms with Crippen LogP contribution >= 0.6 is 20.7 Å². The SMILES string of the molecule is C1=CC2=C(C=IC=C2)CC1. The first-order valence-electron chi connectivity index (χ1n) is 3.48. The van der Waals surface area contributed by atoms with Crippen LogP contribution in [0.2, 0.25) is 0 Å². The summed E-state index contributed by atoms with van der Waals surface area (Å²) in [6, 6.07) is 0. The van der Waals surface area contributed by atoms with Gasteiger partial charge in [-0.2, -0.15) is 0 Å². The van der Waals surface area contributed by atoms with Crippen molar-refractivity contribution < 1.29 is 0 Å². The maximum absolute atomic E-state index is 2.44. The summed E-state index contributed by atoms with van der Waals surface area (Å²) in [6.07, 6.45) is 9.30. The number of hydrogen-bond acceptors (Lipinski definition) is 0. The predicted octanol–water partition coefficient (Wildman–Crippen LogP) is 2.93. The summed E-state index contributed by atoms with van der Waals surface area (Å²) >= 11 is 0.271. The van der Waals surface area contributed by atoms with Crippen LogP contribution in [0.3, 0.4) is 0 Å². The second-order valence-electron chi connectivity index (χ2n) is 2.45. The van der Waals surface area contributed by atoms with Gasteiger partial charge in [-0.25, -0.2) is 0 Å². The molecular formula is C9H9I. The zero-order valence-corrected chi connectivity index (χ0v) is 7.84. The van der Waals surface area contributed by atoms with Crippen molar-refractivity contribution in [3.8, 4) is 0 Å². The molecule has 2 rings (SSSR count). The molecule has 52 valence electrons. The molecule has 1 aliphatic heterocycles. The number of halogens is 1. The van der Waals surface area contributed by atoms with E-state index in [1.54, 1.807) is 5.57 Å². The molecule has 0 fully saturated rings. The Labute approximate surface area is 71.1 Å². The summed E-state index contributed by atoms with van der Waals surface area (Å²) in [5.74, 6) is 0. The molecule has 1 heterocycles. The number of hydrogen-bond donors (Lipinski definition) is 0. The van der Waals surface area contributed by atoms with Crippen LogP contribution in [0, 0.1) is 0 Å². The molecule has 0 N–H and O–H groups in total. The second-order valence-corrected chi connectivity index (χ2v) is 4.51. The molecule has 0 unspecified atom stereocenters. The van der Waals surface area contributed by atoms with Crippen LogP contribution in [0.5, 0.6) is 0 Å². The highest BCUT2D eigenvalue weighted by molar-refractivity contribution is 14.2. The van der Waals surface area contributed by atoms with Gasteiger partial charge >= 0.3 is 0 Å². The van der Waals surface area contributed by atoms with E-state index in [0.717, 1.165) is 0 Å². The zero-order chi connectivity index (χ0) is 6.81. The molecule has 0 radical (unpaired) electrons. The summed E-state index contributed by atoms with van der Waals surface area (Å²) < 4.78 is 4.77. The lowest BCUT2D eigenvalue weighted by atomic mass is 9.99. The molecule has 1 aliphatic carbocycles. The van der Waals surface area contributed by atoms with Crippen LogP contribution in [0.25, 0.3) is 0 Å². The third-order valence-corrected chi connectivity index (χ3v) is 3.64. The maximum Gasteiger partial charge on any atom is -0.0219 e. The Morgan fingerprint density at radius 3 is 3.20 bits per heavy atom. The van der Waals surface area contributed by atoms with Gasteiger partial charge in [0.05, 0.1) is 0 Å². The average Bonchev–Trinajstić information content (AvgIpc) is 2.05. The molecular weight excluding hydrogens is 235 g/mol. The molecule has 0 bridgehead atoms. The van der Waals surface area contributed by atoms with E-state index < -0.39 is 0 Å². The number of allylic oxidation sites excluding steroid dienone is 5. The molecule has 0 spiro atoms. The Morgan fingerprint density at radius 2 is 2.30 bits per heavy atom. The van der Waals surface area contributed by atoms with Crippen molar-refractivity contribution in [2.75, 3.05) is 0 Å². The van der Waals surface area contributed by atoms with Crippen LogP contribution in [0.1, 0.15) is 12.8 Å². The van der Waals surface area contributed by atoms with Crippen molar-refractivity contribution in [2.24, 2.45) is 0 Å². The van der Waals surface area contributed by atoms with E-state index in [1.807, 2.05) is 0 Å². The minimum atomic E-state index is 0.271. The standard InChI is InChI=1S/C9H9I/c1-2-4-9-7-10-6-5-8(9)3-1/h1,3,5-7H,2,4H2. The molecule has 0 saturated carbocycles. The third-order valence-electron chi connectivity index (χ3n) is 1.76. The van der Waals surface area contributed by atoms with E-state index in [0.29, 0.717) is 0 Å². The van der Waals surface area contributed by atoms with E-state index in [4.69, 9.17) is 0 Å². The normalized spacial score (nSPS) is 22.4. The van der Waals surface area contributed by atoms with Crippen molar-refractivity contribution in [2.45, 2.75) is 12.8 Å². The van der Waals surface area contributed by atoms with E-state index in [1.165, 1.54) is 18.4 Å². The molecule has 1 heteroatoms. The fourth-order valence-corrected chi connectivity index (χ4v) is 3.10. The molecule has 10 heavy (non-hydrogen) atoms. The molecule has 0 atom stereocenters. The second kappa shape index (κ2) is 2.82. The maximum atomic E-state index is 2.44. The van der Waals surface area contributed by atoms with Crippen LogP contribution in [-0.2, 0) is 0 Å². The highest BCUT2D eigenvalue weighted by atomic mass is 127. The summed E-state index contributed by atoms with van der Waals surface area (Å²) in [6.45, 7) is 0. The molecule has 0 aromatic rings. The van der Waals surface area contributed by atoms with E-state index in [9.17, 15) is 0 Å². The molecule has 0 nitrogen and oxygen atoms in total. The first-order chi connectivity index (χ1) is 4.97. The first kappa shape index (κ1) is 6.53. The third kappa shape index (κ3) is 1.15. The van der Waals surface area contributed by atoms with E-state index >= 15 is 0 Å². The quantitative estimate of drug-likeness (QED) is 0.575. The molecule has 0 amide bonds. The smallest absolute Gasteiger partial charge is 0.0219 e. The Hall–Kier alpha value is -0.180. The zero-order valence-electron chi connectivity index (χ0n) is 5.68. The Kier molecular flexibility index (Phi) is 1.84. The van der Waals surface area contributed by atoms with Gasteiger partial charge in [-0.3, -0.25) is 0 Å². The Bertz CT molecular complexity index is 254.